The van der Waals surface area contributed by atoms with Gasteiger partial charge in [0.2, 0.25) is 0 Å². The van der Waals surface area contributed by atoms with Gasteiger partial charge in [-0.05, 0) is 25.5 Å². The zero-order valence-corrected chi connectivity index (χ0v) is 13.7. The number of methoxy groups -OCH3 is 1. The lowest BCUT2D eigenvalue weighted by atomic mass is 10.3. The molecule has 0 bridgehead atoms. The molecule has 0 atom stereocenters. The molecule has 0 radical (unpaired) electrons. The van der Waals surface area contributed by atoms with E-state index >= 15 is 0 Å². The molecule has 5 nitrogen and oxygen atoms in total. The van der Waals surface area contributed by atoms with Crippen LogP contribution >= 0.6 is 24.0 Å². The van der Waals surface area contributed by atoms with Crippen molar-refractivity contribution in [3.05, 3.63) is 24.3 Å². The molecule has 0 unspecified atom stereocenters. The van der Waals surface area contributed by atoms with E-state index in [1.165, 1.54) is 0 Å². The summed E-state index contributed by atoms with van der Waals surface area (Å²) in [6.45, 7) is 4.06. The molecule has 0 spiro atoms. The fraction of sp³-hybridized carbons (Fsp3) is 0.462. The average Bonchev–Trinajstić information content (AvgIpc) is 2.39. The van der Waals surface area contributed by atoms with Gasteiger partial charge in [-0.1, -0.05) is 12.1 Å². The van der Waals surface area contributed by atoms with Gasteiger partial charge in [-0.3, -0.25) is 4.99 Å². The Hall–Kier alpha value is -1.02. The fourth-order valence-electron chi connectivity index (χ4n) is 1.44. The molecule has 0 fully saturated rings. The van der Waals surface area contributed by atoms with Crippen molar-refractivity contribution >= 4 is 35.6 Å². The van der Waals surface area contributed by atoms with Crippen molar-refractivity contribution in [1.29, 1.82) is 0 Å². The van der Waals surface area contributed by atoms with Gasteiger partial charge in [-0.15, -0.1) is 24.0 Å². The highest BCUT2D eigenvalue weighted by Gasteiger charge is 2.01. The molecule has 0 amide bonds. The summed E-state index contributed by atoms with van der Waals surface area (Å²) in [5.74, 6) is 1.13. The molecule has 0 aliphatic carbocycles. The molecule has 1 aromatic rings. The SMILES string of the molecule is CCOCCCN=C(N)Nc1ccccc1OC.I. The number of nitrogens with zero attached hydrogens (tertiary/aromatic N) is 1. The Morgan fingerprint density at radius 1 is 1.37 bits per heavy atom. The number of halogens is 1. The van der Waals surface area contributed by atoms with Gasteiger partial charge in [0, 0.05) is 19.8 Å². The second-order valence-electron chi connectivity index (χ2n) is 3.64. The summed E-state index contributed by atoms with van der Waals surface area (Å²) in [6, 6.07) is 7.57. The molecule has 0 heterocycles. The molecule has 1 rings (SSSR count). The van der Waals surface area contributed by atoms with Crippen LogP contribution in [0.1, 0.15) is 13.3 Å². The Morgan fingerprint density at radius 3 is 2.79 bits per heavy atom. The van der Waals surface area contributed by atoms with Gasteiger partial charge in [-0.25, -0.2) is 0 Å². The van der Waals surface area contributed by atoms with Crippen LogP contribution in [0, 0.1) is 0 Å². The first-order chi connectivity index (χ1) is 8.77. The number of hydrogen-bond donors (Lipinski definition) is 2. The molecular weight excluding hydrogens is 357 g/mol. The van der Waals surface area contributed by atoms with Crippen LogP contribution in [0.2, 0.25) is 0 Å². The Kier molecular flexibility index (Phi) is 10.3. The Bertz CT molecular complexity index is 386. The van der Waals surface area contributed by atoms with E-state index in [0.717, 1.165) is 24.5 Å². The van der Waals surface area contributed by atoms with Gasteiger partial charge in [0.15, 0.2) is 5.96 Å². The summed E-state index contributed by atoms with van der Waals surface area (Å²) in [7, 11) is 1.62. The molecular formula is C13H22IN3O2. The van der Waals surface area contributed by atoms with Gasteiger partial charge in [0.25, 0.3) is 0 Å². The molecule has 0 aromatic heterocycles. The average molecular weight is 379 g/mol. The van der Waals surface area contributed by atoms with Crippen molar-refractivity contribution in [2.45, 2.75) is 13.3 Å². The van der Waals surface area contributed by atoms with Gasteiger partial charge in [0.05, 0.1) is 12.8 Å². The number of nitrogens with two attached hydrogens (primary N) is 1. The van der Waals surface area contributed by atoms with Crippen LogP contribution in [-0.2, 0) is 4.74 Å². The molecule has 0 aliphatic rings. The van der Waals surface area contributed by atoms with Crippen LogP contribution < -0.4 is 15.8 Å². The molecule has 108 valence electrons. The Morgan fingerprint density at radius 2 is 2.11 bits per heavy atom. The maximum absolute atomic E-state index is 5.79. The summed E-state index contributed by atoms with van der Waals surface area (Å²) in [6.07, 6.45) is 0.863. The summed E-state index contributed by atoms with van der Waals surface area (Å²) >= 11 is 0. The molecule has 1 aromatic carbocycles. The lowest BCUT2D eigenvalue weighted by Gasteiger charge is -2.10. The number of aliphatic imine (C=N–C) groups is 1. The third-order valence-corrected chi connectivity index (χ3v) is 2.30. The van der Waals surface area contributed by atoms with E-state index < -0.39 is 0 Å². The fourth-order valence-corrected chi connectivity index (χ4v) is 1.44. The maximum atomic E-state index is 5.79. The highest BCUT2D eigenvalue weighted by molar-refractivity contribution is 14.0. The van der Waals surface area contributed by atoms with Crippen molar-refractivity contribution in [2.75, 3.05) is 32.2 Å². The lowest BCUT2D eigenvalue weighted by Crippen LogP contribution is -2.23. The first-order valence-electron chi connectivity index (χ1n) is 6.05. The quantitative estimate of drug-likeness (QED) is 0.331. The minimum atomic E-state index is 0. The zero-order chi connectivity index (χ0) is 13.2. The second-order valence-corrected chi connectivity index (χ2v) is 3.64. The third kappa shape index (κ3) is 7.22. The number of guanidine groups is 1. The summed E-state index contributed by atoms with van der Waals surface area (Å²) in [5, 5.41) is 3.01. The number of ether oxygens (including phenoxy) is 2. The molecule has 0 saturated heterocycles. The normalized spacial score (nSPS) is 10.7. The first kappa shape index (κ1) is 18.0. The highest BCUT2D eigenvalue weighted by Crippen LogP contribution is 2.22. The van der Waals surface area contributed by atoms with E-state index in [9.17, 15) is 0 Å². The van der Waals surface area contributed by atoms with Crippen molar-refractivity contribution in [2.24, 2.45) is 10.7 Å². The Labute approximate surface area is 131 Å². The van der Waals surface area contributed by atoms with Crippen molar-refractivity contribution in [1.82, 2.24) is 0 Å². The van der Waals surface area contributed by atoms with E-state index in [4.69, 9.17) is 15.2 Å². The van der Waals surface area contributed by atoms with Crippen molar-refractivity contribution < 1.29 is 9.47 Å². The zero-order valence-electron chi connectivity index (χ0n) is 11.4. The van der Waals surface area contributed by atoms with Crippen LogP contribution in [0.4, 0.5) is 5.69 Å². The number of rotatable bonds is 7. The molecule has 19 heavy (non-hydrogen) atoms. The van der Waals surface area contributed by atoms with E-state index in [1.54, 1.807) is 7.11 Å². The first-order valence-corrected chi connectivity index (χ1v) is 6.05. The molecule has 0 aliphatic heterocycles. The predicted octanol–water partition coefficient (Wildman–Crippen LogP) is 2.47. The highest BCUT2D eigenvalue weighted by atomic mass is 127. The monoisotopic (exact) mass is 379 g/mol. The maximum Gasteiger partial charge on any atom is 0.193 e. The standard InChI is InChI=1S/C13H21N3O2.HI/c1-3-18-10-6-9-15-13(14)16-11-7-4-5-8-12(11)17-2;/h4-5,7-8H,3,6,9-10H2,1-2H3,(H3,14,15,16);1H. The van der Waals surface area contributed by atoms with Gasteiger partial charge in [0.1, 0.15) is 5.75 Å². The van der Waals surface area contributed by atoms with E-state index in [-0.39, 0.29) is 24.0 Å². The predicted molar refractivity (Wildman–Crippen MR) is 89.6 cm³/mol. The van der Waals surface area contributed by atoms with Crippen LogP contribution in [-0.4, -0.2) is 32.8 Å². The van der Waals surface area contributed by atoms with Crippen LogP contribution in [0.3, 0.4) is 0 Å². The Balaban J connectivity index is 0.00000324. The molecule has 3 N–H and O–H groups in total. The van der Waals surface area contributed by atoms with Crippen LogP contribution in [0.5, 0.6) is 5.75 Å². The number of hydrogen-bond acceptors (Lipinski definition) is 3. The minimum Gasteiger partial charge on any atom is -0.495 e. The second kappa shape index (κ2) is 10.9. The van der Waals surface area contributed by atoms with E-state index in [2.05, 4.69) is 10.3 Å². The number of benzene rings is 1. The van der Waals surface area contributed by atoms with Crippen LogP contribution in [0.25, 0.3) is 0 Å². The summed E-state index contributed by atoms with van der Waals surface area (Å²) in [5.41, 5.74) is 6.60. The number of para-hydroxylation sites is 2. The number of nitrogens with one attached hydrogen (secondary N) is 1. The van der Waals surface area contributed by atoms with Gasteiger partial charge < -0.3 is 20.5 Å². The summed E-state index contributed by atoms with van der Waals surface area (Å²) < 4.78 is 10.4. The molecule has 6 heteroatoms. The lowest BCUT2D eigenvalue weighted by molar-refractivity contribution is 0.146. The van der Waals surface area contributed by atoms with Crippen LogP contribution in [0.15, 0.2) is 29.3 Å². The smallest absolute Gasteiger partial charge is 0.193 e. The van der Waals surface area contributed by atoms with Gasteiger partial charge in [-0.2, -0.15) is 0 Å². The number of anilines is 1. The molecule has 0 saturated carbocycles. The topological polar surface area (TPSA) is 68.9 Å². The summed E-state index contributed by atoms with van der Waals surface area (Å²) in [4.78, 5) is 4.21. The van der Waals surface area contributed by atoms with E-state index in [1.807, 2.05) is 31.2 Å². The van der Waals surface area contributed by atoms with E-state index in [0.29, 0.717) is 19.1 Å². The van der Waals surface area contributed by atoms with Crippen molar-refractivity contribution in [3.63, 3.8) is 0 Å². The van der Waals surface area contributed by atoms with Gasteiger partial charge >= 0.3 is 0 Å². The minimum absolute atomic E-state index is 0. The largest absolute Gasteiger partial charge is 0.495 e. The van der Waals surface area contributed by atoms with Crippen molar-refractivity contribution in [3.8, 4) is 5.75 Å². The third-order valence-electron chi connectivity index (χ3n) is 2.30.